The van der Waals surface area contributed by atoms with Gasteiger partial charge in [-0.2, -0.15) is 0 Å². The normalized spacial score (nSPS) is 23.5. The average molecular weight is 213 g/mol. The van der Waals surface area contributed by atoms with Crippen LogP contribution in [0.3, 0.4) is 0 Å². The summed E-state index contributed by atoms with van der Waals surface area (Å²) in [5.41, 5.74) is 5.59. The zero-order chi connectivity index (χ0) is 11.4. The average Bonchev–Trinajstić information content (AvgIpc) is 2.64. The number of carbonyl (C=O) groups excluding carboxylic acids is 1. The minimum absolute atomic E-state index is 0.0941. The van der Waals surface area contributed by atoms with Crippen LogP contribution in [-0.2, 0) is 4.79 Å². The van der Waals surface area contributed by atoms with Crippen LogP contribution in [0.5, 0.6) is 0 Å². The van der Waals surface area contributed by atoms with Gasteiger partial charge in [-0.1, -0.05) is 6.92 Å². The Morgan fingerprint density at radius 1 is 1.67 bits per heavy atom. The minimum atomic E-state index is -0.354. The van der Waals surface area contributed by atoms with E-state index in [0.29, 0.717) is 5.92 Å². The monoisotopic (exact) mass is 213 g/mol. The number of carbonyl (C=O) groups is 1. The lowest BCUT2D eigenvalue weighted by Gasteiger charge is -2.21. The van der Waals surface area contributed by atoms with Crippen LogP contribution in [0.1, 0.15) is 20.3 Å². The number of amides is 1. The van der Waals surface area contributed by atoms with E-state index in [2.05, 4.69) is 18.9 Å². The third-order valence-corrected chi connectivity index (χ3v) is 3.10. The molecule has 0 bridgehead atoms. The van der Waals surface area contributed by atoms with Crippen LogP contribution in [0.25, 0.3) is 0 Å². The number of nitrogens with zero attached hydrogens (tertiary/aromatic N) is 2. The predicted molar refractivity (Wildman–Crippen MR) is 61.5 cm³/mol. The van der Waals surface area contributed by atoms with E-state index in [1.54, 1.807) is 6.92 Å². The molecule has 0 aromatic carbocycles. The SMILES string of the molecule is CCN(C)CC1CCN(C(=O)[C@@H](C)N)C1. The fraction of sp³-hybridized carbons (Fsp3) is 0.909. The Morgan fingerprint density at radius 3 is 2.87 bits per heavy atom. The molecule has 1 fully saturated rings. The van der Waals surface area contributed by atoms with Crippen molar-refractivity contribution < 1.29 is 4.79 Å². The van der Waals surface area contributed by atoms with E-state index in [0.717, 1.165) is 32.6 Å². The smallest absolute Gasteiger partial charge is 0.239 e. The highest BCUT2D eigenvalue weighted by atomic mass is 16.2. The Kier molecular flexibility index (Phi) is 4.54. The first-order chi connectivity index (χ1) is 7.04. The van der Waals surface area contributed by atoms with Crippen LogP contribution in [0, 0.1) is 5.92 Å². The largest absolute Gasteiger partial charge is 0.341 e. The second-order valence-electron chi connectivity index (χ2n) is 4.58. The Hall–Kier alpha value is -0.610. The zero-order valence-corrected chi connectivity index (χ0v) is 10.1. The fourth-order valence-corrected chi connectivity index (χ4v) is 2.04. The van der Waals surface area contributed by atoms with E-state index in [-0.39, 0.29) is 11.9 Å². The molecule has 0 radical (unpaired) electrons. The lowest BCUT2D eigenvalue weighted by Crippen LogP contribution is -2.41. The maximum Gasteiger partial charge on any atom is 0.239 e. The lowest BCUT2D eigenvalue weighted by molar-refractivity contribution is -0.131. The van der Waals surface area contributed by atoms with Crippen molar-refractivity contribution in [2.75, 3.05) is 33.2 Å². The lowest BCUT2D eigenvalue weighted by atomic mass is 10.1. The van der Waals surface area contributed by atoms with Gasteiger partial charge in [-0.05, 0) is 32.9 Å². The minimum Gasteiger partial charge on any atom is -0.341 e. The molecule has 1 aliphatic rings. The van der Waals surface area contributed by atoms with Crippen LogP contribution in [0.4, 0.5) is 0 Å². The highest BCUT2D eigenvalue weighted by molar-refractivity contribution is 5.81. The van der Waals surface area contributed by atoms with E-state index < -0.39 is 0 Å². The van der Waals surface area contributed by atoms with Gasteiger partial charge in [0.25, 0.3) is 0 Å². The van der Waals surface area contributed by atoms with Gasteiger partial charge < -0.3 is 15.5 Å². The van der Waals surface area contributed by atoms with Gasteiger partial charge in [0.1, 0.15) is 0 Å². The molecule has 1 heterocycles. The van der Waals surface area contributed by atoms with E-state index in [1.165, 1.54) is 0 Å². The van der Waals surface area contributed by atoms with Crippen LogP contribution in [-0.4, -0.2) is 55.0 Å². The molecule has 4 heteroatoms. The number of rotatable bonds is 4. The number of nitrogens with two attached hydrogens (primary N) is 1. The summed E-state index contributed by atoms with van der Waals surface area (Å²) in [6.07, 6.45) is 1.11. The third-order valence-electron chi connectivity index (χ3n) is 3.10. The Balaban J connectivity index is 2.35. The van der Waals surface area contributed by atoms with E-state index in [4.69, 9.17) is 5.73 Å². The Bertz CT molecular complexity index is 218. The molecule has 2 N–H and O–H groups in total. The van der Waals surface area contributed by atoms with Gasteiger partial charge in [-0.25, -0.2) is 0 Å². The molecule has 1 rings (SSSR count). The van der Waals surface area contributed by atoms with E-state index in [9.17, 15) is 4.79 Å². The molecule has 1 aliphatic heterocycles. The van der Waals surface area contributed by atoms with Crippen molar-refractivity contribution in [3.63, 3.8) is 0 Å². The molecule has 0 aliphatic carbocycles. The van der Waals surface area contributed by atoms with Crippen molar-refractivity contribution in [1.82, 2.24) is 9.80 Å². The van der Waals surface area contributed by atoms with Gasteiger partial charge in [0.2, 0.25) is 5.91 Å². The first-order valence-corrected chi connectivity index (χ1v) is 5.77. The Morgan fingerprint density at radius 2 is 2.33 bits per heavy atom. The molecule has 2 atom stereocenters. The molecular formula is C11H23N3O. The first kappa shape index (κ1) is 12.5. The van der Waals surface area contributed by atoms with Gasteiger partial charge in [-0.3, -0.25) is 4.79 Å². The van der Waals surface area contributed by atoms with Crippen LogP contribution in [0.2, 0.25) is 0 Å². The summed E-state index contributed by atoms with van der Waals surface area (Å²) < 4.78 is 0. The predicted octanol–water partition coefficient (Wildman–Crippen LogP) is 0.134. The summed E-state index contributed by atoms with van der Waals surface area (Å²) in [5, 5.41) is 0. The molecule has 1 unspecified atom stereocenters. The summed E-state index contributed by atoms with van der Waals surface area (Å²) in [7, 11) is 2.12. The quantitative estimate of drug-likeness (QED) is 0.722. The Labute approximate surface area is 92.4 Å². The summed E-state index contributed by atoms with van der Waals surface area (Å²) in [6.45, 7) is 7.82. The molecule has 0 aromatic rings. The second-order valence-corrected chi connectivity index (χ2v) is 4.58. The number of likely N-dealkylation sites (tertiary alicyclic amines) is 1. The number of hydrogen-bond acceptors (Lipinski definition) is 3. The van der Waals surface area contributed by atoms with Crippen molar-refractivity contribution >= 4 is 5.91 Å². The summed E-state index contributed by atoms with van der Waals surface area (Å²) >= 11 is 0. The molecule has 4 nitrogen and oxygen atoms in total. The molecule has 1 amide bonds. The molecule has 0 aromatic heterocycles. The van der Waals surface area contributed by atoms with Crippen molar-refractivity contribution in [2.24, 2.45) is 11.7 Å². The standard InChI is InChI=1S/C11H23N3O/c1-4-13(3)7-10-5-6-14(8-10)11(15)9(2)12/h9-10H,4-8,12H2,1-3H3/t9-,10?/m1/s1. The molecular weight excluding hydrogens is 190 g/mol. The first-order valence-electron chi connectivity index (χ1n) is 5.77. The summed E-state index contributed by atoms with van der Waals surface area (Å²) in [4.78, 5) is 15.8. The summed E-state index contributed by atoms with van der Waals surface area (Å²) in [5.74, 6) is 0.717. The van der Waals surface area contributed by atoms with Crippen LogP contribution >= 0.6 is 0 Å². The van der Waals surface area contributed by atoms with Crippen LogP contribution in [0.15, 0.2) is 0 Å². The molecule has 15 heavy (non-hydrogen) atoms. The highest BCUT2D eigenvalue weighted by Crippen LogP contribution is 2.17. The van der Waals surface area contributed by atoms with Gasteiger partial charge in [0.15, 0.2) is 0 Å². The highest BCUT2D eigenvalue weighted by Gasteiger charge is 2.27. The van der Waals surface area contributed by atoms with Gasteiger partial charge in [0.05, 0.1) is 6.04 Å². The van der Waals surface area contributed by atoms with E-state index in [1.807, 2.05) is 4.90 Å². The maximum atomic E-state index is 11.6. The fourth-order valence-electron chi connectivity index (χ4n) is 2.04. The van der Waals surface area contributed by atoms with Crippen molar-refractivity contribution in [3.05, 3.63) is 0 Å². The third kappa shape index (κ3) is 3.47. The molecule has 0 saturated carbocycles. The summed E-state index contributed by atoms with van der Waals surface area (Å²) in [6, 6.07) is -0.354. The van der Waals surface area contributed by atoms with Gasteiger partial charge >= 0.3 is 0 Å². The van der Waals surface area contributed by atoms with Crippen molar-refractivity contribution in [3.8, 4) is 0 Å². The topological polar surface area (TPSA) is 49.6 Å². The molecule has 0 spiro atoms. The second kappa shape index (κ2) is 5.47. The number of hydrogen-bond donors (Lipinski definition) is 1. The van der Waals surface area contributed by atoms with E-state index >= 15 is 0 Å². The maximum absolute atomic E-state index is 11.6. The van der Waals surface area contributed by atoms with Gasteiger partial charge in [0, 0.05) is 19.6 Å². The van der Waals surface area contributed by atoms with Crippen molar-refractivity contribution in [1.29, 1.82) is 0 Å². The van der Waals surface area contributed by atoms with Crippen molar-refractivity contribution in [2.45, 2.75) is 26.3 Å². The molecule has 88 valence electrons. The van der Waals surface area contributed by atoms with Crippen LogP contribution < -0.4 is 5.73 Å². The zero-order valence-electron chi connectivity index (χ0n) is 10.1. The molecule has 1 saturated heterocycles. The van der Waals surface area contributed by atoms with Gasteiger partial charge in [-0.15, -0.1) is 0 Å².